The molecule has 108 valence electrons. The standard InChI is InChI=1S/C15H16N4OS/c16-12(8-11-3-2-6-21-11)15(20)18-9-10-7-14-13(19-10)4-1-5-17-14/h1-7,12,19H,8-9,16H2,(H,18,20). The number of carbonyl (C=O) groups is 1. The molecule has 21 heavy (non-hydrogen) atoms. The number of fused-ring (bicyclic) bond motifs is 1. The van der Waals surface area contributed by atoms with Crippen LogP contribution in [0.3, 0.4) is 0 Å². The number of aromatic nitrogens is 2. The van der Waals surface area contributed by atoms with E-state index < -0.39 is 6.04 Å². The van der Waals surface area contributed by atoms with E-state index in [9.17, 15) is 4.79 Å². The average Bonchev–Trinajstić information content (AvgIpc) is 3.13. The number of thiophene rings is 1. The number of nitrogens with zero attached hydrogens (tertiary/aromatic N) is 1. The lowest BCUT2D eigenvalue weighted by atomic mass is 10.2. The van der Waals surface area contributed by atoms with Crippen LogP contribution in [0.1, 0.15) is 10.6 Å². The highest BCUT2D eigenvalue weighted by atomic mass is 32.1. The first-order valence-electron chi connectivity index (χ1n) is 6.70. The molecule has 6 heteroatoms. The summed E-state index contributed by atoms with van der Waals surface area (Å²) in [5.74, 6) is -0.144. The van der Waals surface area contributed by atoms with Gasteiger partial charge in [-0.15, -0.1) is 11.3 Å². The first-order valence-corrected chi connectivity index (χ1v) is 7.58. The van der Waals surface area contributed by atoms with Crippen molar-refractivity contribution in [3.63, 3.8) is 0 Å². The molecule has 1 atom stereocenters. The van der Waals surface area contributed by atoms with Gasteiger partial charge in [0.25, 0.3) is 0 Å². The summed E-state index contributed by atoms with van der Waals surface area (Å²) in [7, 11) is 0. The zero-order valence-corrected chi connectivity index (χ0v) is 12.2. The van der Waals surface area contributed by atoms with Crippen molar-refractivity contribution in [1.29, 1.82) is 0 Å². The summed E-state index contributed by atoms with van der Waals surface area (Å²) in [4.78, 5) is 20.6. The predicted molar refractivity (Wildman–Crippen MR) is 83.9 cm³/mol. The topological polar surface area (TPSA) is 83.8 Å². The fourth-order valence-corrected chi connectivity index (χ4v) is 2.92. The summed E-state index contributed by atoms with van der Waals surface area (Å²) in [6.45, 7) is 0.424. The minimum Gasteiger partial charge on any atom is -0.356 e. The van der Waals surface area contributed by atoms with Gasteiger partial charge in [0.05, 0.1) is 23.6 Å². The Morgan fingerprint density at radius 3 is 3.10 bits per heavy atom. The summed E-state index contributed by atoms with van der Waals surface area (Å²) in [6.07, 6.45) is 2.31. The van der Waals surface area contributed by atoms with Crippen LogP contribution >= 0.6 is 11.3 Å². The number of hydrogen-bond donors (Lipinski definition) is 3. The van der Waals surface area contributed by atoms with Gasteiger partial charge in [-0.25, -0.2) is 0 Å². The molecule has 0 aliphatic heterocycles. The van der Waals surface area contributed by atoms with Crippen LogP contribution in [0, 0.1) is 0 Å². The molecule has 3 rings (SSSR count). The molecule has 4 N–H and O–H groups in total. The minimum atomic E-state index is -0.522. The molecule has 0 fully saturated rings. The maximum Gasteiger partial charge on any atom is 0.237 e. The Balaban J connectivity index is 1.57. The third kappa shape index (κ3) is 3.29. The number of amides is 1. The van der Waals surface area contributed by atoms with Crippen molar-refractivity contribution in [2.75, 3.05) is 0 Å². The van der Waals surface area contributed by atoms with Gasteiger partial charge in [0.1, 0.15) is 0 Å². The lowest BCUT2D eigenvalue weighted by molar-refractivity contribution is -0.122. The van der Waals surface area contributed by atoms with Crippen molar-refractivity contribution in [1.82, 2.24) is 15.3 Å². The third-order valence-electron chi connectivity index (χ3n) is 3.24. The number of hydrogen-bond acceptors (Lipinski definition) is 4. The van der Waals surface area contributed by atoms with Gasteiger partial charge >= 0.3 is 0 Å². The first kappa shape index (κ1) is 13.8. The SMILES string of the molecule is NC(Cc1cccs1)C(=O)NCc1cc2ncccc2[nH]1. The molecular formula is C15H16N4OS. The van der Waals surface area contributed by atoms with Crippen molar-refractivity contribution >= 4 is 28.3 Å². The summed E-state index contributed by atoms with van der Waals surface area (Å²) in [5.41, 5.74) is 8.69. The molecule has 0 bridgehead atoms. The van der Waals surface area contributed by atoms with Gasteiger partial charge in [0.15, 0.2) is 0 Å². The van der Waals surface area contributed by atoms with Gasteiger partial charge in [-0.2, -0.15) is 0 Å². The second-order valence-electron chi connectivity index (χ2n) is 4.84. The molecule has 3 aromatic heterocycles. The van der Waals surface area contributed by atoms with Crippen LogP contribution in [0.2, 0.25) is 0 Å². The zero-order valence-electron chi connectivity index (χ0n) is 11.4. The Labute approximate surface area is 126 Å². The van der Waals surface area contributed by atoms with E-state index in [1.807, 2.05) is 35.7 Å². The Bertz CT molecular complexity index is 702. The van der Waals surface area contributed by atoms with Crippen LogP contribution in [-0.4, -0.2) is 21.9 Å². The van der Waals surface area contributed by atoms with Gasteiger partial charge in [0.2, 0.25) is 5.91 Å². The molecule has 3 heterocycles. The second-order valence-corrected chi connectivity index (χ2v) is 5.87. The molecule has 1 unspecified atom stereocenters. The number of aromatic amines is 1. The predicted octanol–water partition coefficient (Wildman–Crippen LogP) is 1.81. The smallest absolute Gasteiger partial charge is 0.237 e. The van der Waals surface area contributed by atoms with Crippen LogP contribution < -0.4 is 11.1 Å². The molecule has 0 spiro atoms. The van der Waals surface area contributed by atoms with Gasteiger partial charge in [-0.1, -0.05) is 6.07 Å². The molecule has 1 amide bonds. The van der Waals surface area contributed by atoms with Gasteiger partial charge < -0.3 is 16.0 Å². The lowest BCUT2D eigenvalue weighted by Gasteiger charge is -2.10. The van der Waals surface area contributed by atoms with Gasteiger partial charge in [-0.3, -0.25) is 9.78 Å². The van der Waals surface area contributed by atoms with E-state index in [4.69, 9.17) is 5.73 Å². The molecule has 0 aliphatic rings. The van der Waals surface area contributed by atoms with E-state index in [1.165, 1.54) is 0 Å². The quantitative estimate of drug-likeness (QED) is 0.672. The highest BCUT2D eigenvalue weighted by molar-refractivity contribution is 7.09. The fourth-order valence-electron chi connectivity index (χ4n) is 2.16. The van der Waals surface area contributed by atoms with Crippen molar-refractivity contribution in [3.8, 4) is 0 Å². The van der Waals surface area contributed by atoms with E-state index in [0.29, 0.717) is 13.0 Å². The molecule has 0 saturated carbocycles. The minimum absolute atomic E-state index is 0.144. The Morgan fingerprint density at radius 1 is 1.43 bits per heavy atom. The highest BCUT2D eigenvalue weighted by Gasteiger charge is 2.14. The molecule has 0 aromatic carbocycles. The Morgan fingerprint density at radius 2 is 2.33 bits per heavy atom. The lowest BCUT2D eigenvalue weighted by Crippen LogP contribution is -2.41. The highest BCUT2D eigenvalue weighted by Crippen LogP contribution is 2.12. The van der Waals surface area contributed by atoms with Crippen molar-refractivity contribution < 1.29 is 4.79 Å². The fraction of sp³-hybridized carbons (Fsp3) is 0.200. The first-order chi connectivity index (χ1) is 10.2. The molecule has 5 nitrogen and oxygen atoms in total. The number of H-pyrrole nitrogens is 1. The maximum absolute atomic E-state index is 12.0. The second kappa shape index (κ2) is 6.07. The summed E-state index contributed by atoms with van der Waals surface area (Å²) in [6, 6.07) is 9.18. The number of rotatable bonds is 5. The molecule has 0 aliphatic carbocycles. The van der Waals surface area contributed by atoms with Gasteiger partial charge in [0, 0.05) is 23.2 Å². The van der Waals surface area contributed by atoms with Crippen LogP contribution in [0.4, 0.5) is 0 Å². The molecule has 0 saturated heterocycles. The number of pyridine rings is 1. The van der Waals surface area contributed by atoms with Gasteiger partial charge in [-0.05, 0) is 29.6 Å². The normalized spacial score (nSPS) is 12.4. The van der Waals surface area contributed by atoms with Crippen molar-refractivity contribution in [3.05, 3.63) is 52.5 Å². The Hall–Kier alpha value is -2.18. The van der Waals surface area contributed by atoms with E-state index >= 15 is 0 Å². The third-order valence-corrected chi connectivity index (χ3v) is 4.13. The van der Waals surface area contributed by atoms with Crippen molar-refractivity contribution in [2.45, 2.75) is 19.0 Å². The van der Waals surface area contributed by atoms with E-state index in [2.05, 4.69) is 15.3 Å². The Kier molecular flexibility index (Phi) is 3.98. The molecular weight excluding hydrogens is 284 g/mol. The van der Waals surface area contributed by atoms with Crippen molar-refractivity contribution in [2.24, 2.45) is 5.73 Å². The summed E-state index contributed by atoms with van der Waals surface area (Å²) in [5, 5.41) is 4.84. The summed E-state index contributed by atoms with van der Waals surface area (Å²) < 4.78 is 0. The van der Waals surface area contributed by atoms with E-state index in [1.54, 1.807) is 17.5 Å². The average molecular weight is 300 g/mol. The largest absolute Gasteiger partial charge is 0.356 e. The van der Waals surface area contributed by atoms with Crippen LogP contribution in [0.5, 0.6) is 0 Å². The number of nitrogens with one attached hydrogen (secondary N) is 2. The van der Waals surface area contributed by atoms with Crippen LogP contribution in [0.15, 0.2) is 41.9 Å². The monoisotopic (exact) mass is 300 g/mol. The number of nitrogens with two attached hydrogens (primary N) is 1. The maximum atomic E-state index is 12.0. The van der Waals surface area contributed by atoms with E-state index in [0.717, 1.165) is 21.6 Å². The van der Waals surface area contributed by atoms with E-state index in [-0.39, 0.29) is 5.91 Å². The molecule has 3 aromatic rings. The van der Waals surface area contributed by atoms with Crippen LogP contribution in [-0.2, 0) is 17.8 Å². The van der Waals surface area contributed by atoms with Crippen LogP contribution in [0.25, 0.3) is 11.0 Å². The number of carbonyl (C=O) groups excluding carboxylic acids is 1. The molecule has 0 radical (unpaired) electrons. The summed E-state index contributed by atoms with van der Waals surface area (Å²) >= 11 is 1.61. The zero-order chi connectivity index (χ0) is 14.7.